The molecule has 21 heavy (non-hydrogen) atoms. The highest BCUT2D eigenvalue weighted by atomic mass is 16.7. The van der Waals surface area contributed by atoms with Crippen LogP contribution in [0.4, 0.5) is 4.79 Å². The van der Waals surface area contributed by atoms with E-state index in [4.69, 9.17) is 9.84 Å². The molecule has 0 saturated carbocycles. The van der Waals surface area contributed by atoms with Crippen molar-refractivity contribution < 1.29 is 29.0 Å². The number of amides is 1. The number of hydrogen-bond donors (Lipinski definition) is 2. The van der Waals surface area contributed by atoms with Crippen molar-refractivity contribution in [2.75, 3.05) is 0 Å². The molecule has 0 fully saturated rings. The van der Waals surface area contributed by atoms with E-state index in [1.165, 1.54) is 13.8 Å². The van der Waals surface area contributed by atoms with Crippen molar-refractivity contribution in [2.24, 2.45) is 5.92 Å². The Morgan fingerprint density at radius 1 is 1.19 bits per heavy atom. The third-order valence-electron chi connectivity index (χ3n) is 2.82. The minimum atomic E-state index is -1.01. The van der Waals surface area contributed by atoms with Crippen LogP contribution in [0.2, 0.25) is 0 Å². The van der Waals surface area contributed by atoms with Gasteiger partial charge in [-0.25, -0.2) is 4.79 Å². The highest BCUT2D eigenvalue weighted by molar-refractivity contribution is 5.71. The fraction of sp³-hybridized carbons (Fsp3) is 0.786. The van der Waals surface area contributed by atoms with Gasteiger partial charge in [-0.1, -0.05) is 26.7 Å². The van der Waals surface area contributed by atoms with Crippen molar-refractivity contribution >= 4 is 18.0 Å². The van der Waals surface area contributed by atoms with Crippen LogP contribution in [0, 0.1) is 5.92 Å². The molecule has 0 bridgehead atoms. The van der Waals surface area contributed by atoms with Gasteiger partial charge in [0.1, 0.15) is 0 Å². The minimum absolute atomic E-state index is 0.175. The molecule has 0 aliphatic carbocycles. The quantitative estimate of drug-likeness (QED) is 0.500. The van der Waals surface area contributed by atoms with Crippen LogP contribution in [-0.2, 0) is 19.1 Å². The first-order valence-electron chi connectivity index (χ1n) is 7.10. The molecule has 122 valence electrons. The van der Waals surface area contributed by atoms with Crippen LogP contribution in [0.15, 0.2) is 0 Å². The molecule has 0 radical (unpaired) electrons. The number of hydrogen-bond acceptors (Lipinski definition) is 5. The van der Waals surface area contributed by atoms with Gasteiger partial charge in [0.25, 0.3) is 0 Å². The Labute approximate surface area is 125 Å². The molecule has 0 aliphatic rings. The Balaban J connectivity index is 4.40. The Morgan fingerprint density at radius 2 is 1.81 bits per heavy atom. The Bertz CT molecular complexity index is 357. The highest BCUT2D eigenvalue weighted by Crippen LogP contribution is 2.15. The molecule has 3 atom stereocenters. The number of esters is 1. The maximum absolute atomic E-state index is 11.6. The smallest absolute Gasteiger partial charge is 0.410 e. The van der Waals surface area contributed by atoms with E-state index < -0.39 is 30.4 Å². The van der Waals surface area contributed by atoms with E-state index in [2.05, 4.69) is 10.1 Å². The Hall–Kier alpha value is -1.79. The molecule has 0 saturated heterocycles. The second-order valence-corrected chi connectivity index (χ2v) is 5.15. The normalized spacial score (nSPS) is 14.7. The molecule has 0 rings (SSSR count). The summed E-state index contributed by atoms with van der Waals surface area (Å²) in [5.41, 5.74) is 0. The second kappa shape index (κ2) is 10.0. The van der Waals surface area contributed by atoms with E-state index in [1.807, 2.05) is 13.8 Å². The molecule has 7 heteroatoms. The van der Waals surface area contributed by atoms with Gasteiger partial charge in [-0.2, -0.15) is 0 Å². The van der Waals surface area contributed by atoms with E-state index in [-0.39, 0.29) is 6.42 Å². The third-order valence-corrected chi connectivity index (χ3v) is 2.82. The maximum Gasteiger partial charge on any atom is 0.410 e. The zero-order valence-electron chi connectivity index (χ0n) is 13.0. The van der Waals surface area contributed by atoms with E-state index in [9.17, 15) is 14.4 Å². The van der Waals surface area contributed by atoms with E-state index in [1.54, 1.807) is 0 Å². The summed E-state index contributed by atoms with van der Waals surface area (Å²) in [6.45, 7) is 6.67. The van der Waals surface area contributed by atoms with Crippen LogP contribution in [-0.4, -0.2) is 35.5 Å². The van der Waals surface area contributed by atoms with Crippen LogP contribution in [0.25, 0.3) is 0 Å². The predicted molar refractivity (Wildman–Crippen MR) is 75.6 cm³/mol. The van der Waals surface area contributed by atoms with Gasteiger partial charge in [-0.3, -0.25) is 9.59 Å². The van der Waals surface area contributed by atoms with Crippen molar-refractivity contribution in [3.63, 3.8) is 0 Å². The standard InChI is InChI=1S/C14H25NO6/c1-5-6-9(2)7-12(8-13(17)18)15-14(19)21-11(4)20-10(3)16/h9,11-12H,5-8H2,1-4H3,(H,15,19)(H,17,18)/t9?,11-,12?/m1/s1. The molecular formula is C14H25NO6. The molecule has 0 aromatic heterocycles. The number of nitrogens with one attached hydrogen (secondary N) is 1. The number of carbonyl (C=O) groups is 3. The van der Waals surface area contributed by atoms with Crippen LogP contribution in [0.1, 0.15) is 53.4 Å². The molecular weight excluding hydrogens is 278 g/mol. The molecule has 0 aliphatic heterocycles. The van der Waals surface area contributed by atoms with E-state index in [0.29, 0.717) is 12.3 Å². The largest absolute Gasteiger partial charge is 0.481 e. The van der Waals surface area contributed by atoms with Crippen LogP contribution in [0.5, 0.6) is 0 Å². The average molecular weight is 303 g/mol. The first kappa shape index (κ1) is 19.2. The molecule has 0 heterocycles. The second-order valence-electron chi connectivity index (χ2n) is 5.15. The summed E-state index contributed by atoms with van der Waals surface area (Å²) >= 11 is 0. The van der Waals surface area contributed by atoms with Crippen molar-refractivity contribution in [1.29, 1.82) is 0 Å². The summed E-state index contributed by atoms with van der Waals surface area (Å²) in [7, 11) is 0. The number of carbonyl (C=O) groups excluding carboxylic acids is 2. The minimum Gasteiger partial charge on any atom is -0.481 e. The SMILES string of the molecule is CCCC(C)CC(CC(=O)O)NC(=O)O[C@H](C)OC(C)=O. The van der Waals surface area contributed by atoms with Gasteiger partial charge in [0, 0.05) is 19.9 Å². The fourth-order valence-electron chi connectivity index (χ4n) is 2.11. The number of ether oxygens (including phenoxy) is 2. The van der Waals surface area contributed by atoms with Crippen molar-refractivity contribution in [1.82, 2.24) is 5.32 Å². The fourth-order valence-corrected chi connectivity index (χ4v) is 2.11. The molecule has 0 aromatic carbocycles. The first-order chi connectivity index (χ1) is 9.74. The van der Waals surface area contributed by atoms with Crippen LogP contribution in [0.3, 0.4) is 0 Å². The first-order valence-corrected chi connectivity index (χ1v) is 7.10. The highest BCUT2D eigenvalue weighted by Gasteiger charge is 2.21. The number of alkyl carbamates (subject to hydrolysis) is 1. The summed E-state index contributed by atoms with van der Waals surface area (Å²) < 4.78 is 9.49. The molecule has 0 spiro atoms. The predicted octanol–water partition coefficient (Wildman–Crippen LogP) is 2.29. The lowest BCUT2D eigenvalue weighted by Crippen LogP contribution is -2.39. The van der Waals surface area contributed by atoms with Gasteiger partial charge < -0.3 is 19.9 Å². The lowest BCUT2D eigenvalue weighted by Gasteiger charge is -2.21. The maximum atomic E-state index is 11.6. The molecule has 2 unspecified atom stereocenters. The van der Waals surface area contributed by atoms with E-state index >= 15 is 0 Å². The van der Waals surface area contributed by atoms with Gasteiger partial charge >= 0.3 is 18.0 Å². The van der Waals surface area contributed by atoms with Gasteiger partial charge in [0.05, 0.1) is 6.42 Å². The molecule has 7 nitrogen and oxygen atoms in total. The monoisotopic (exact) mass is 303 g/mol. The zero-order chi connectivity index (χ0) is 16.4. The summed E-state index contributed by atoms with van der Waals surface area (Å²) in [5, 5.41) is 11.4. The third kappa shape index (κ3) is 10.6. The van der Waals surface area contributed by atoms with Gasteiger partial charge in [0.2, 0.25) is 6.29 Å². The average Bonchev–Trinajstić information content (AvgIpc) is 2.25. The molecule has 1 amide bonds. The zero-order valence-corrected chi connectivity index (χ0v) is 13.0. The Kier molecular flexibility index (Phi) is 9.16. The Morgan fingerprint density at radius 3 is 2.29 bits per heavy atom. The summed E-state index contributed by atoms with van der Waals surface area (Å²) in [6.07, 6.45) is 0.521. The summed E-state index contributed by atoms with van der Waals surface area (Å²) in [6, 6.07) is -0.513. The van der Waals surface area contributed by atoms with Gasteiger partial charge in [-0.05, 0) is 12.3 Å². The van der Waals surface area contributed by atoms with E-state index in [0.717, 1.165) is 12.8 Å². The number of carboxylic acid groups (broad SMARTS) is 1. The van der Waals surface area contributed by atoms with Crippen LogP contribution < -0.4 is 5.32 Å². The number of aliphatic carboxylic acids is 1. The number of rotatable bonds is 9. The number of carboxylic acids is 1. The van der Waals surface area contributed by atoms with Crippen molar-refractivity contribution in [3.05, 3.63) is 0 Å². The van der Waals surface area contributed by atoms with Crippen LogP contribution >= 0.6 is 0 Å². The van der Waals surface area contributed by atoms with Gasteiger partial charge in [0.15, 0.2) is 0 Å². The summed E-state index contributed by atoms with van der Waals surface area (Å²) in [5.74, 6) is -1.25. The summed E-state index contributed by atoms with van der Waals surface area (Å²) in [4.78, 5) is 33.2. The molecule has 2 N–H and O–H groups in total. The molecule has 0 aromatic rings. The van der Waals surface area contributed by atoms with Crippen molar-refractivity contribution in [2.45, 2.75) is 65.7 Å². The van der Waals surface area contributed by atoms with Crippen molar-refractivity contribution in [3.8, 4) is 0 Å². The van der Waals surface area contributed by atoms with Gasteiger partial charge in [-0.15, -0.1) is 0 Å². The lowest BCUT2D eigenvalue weighted by atomic mass is 9.95. The topological polar surface area (TPSA) is 102 Å². The lowest BCUT2D eigenvalue weighted by molar-refractivity contribution is -0.162.